The normalized spacial score (nSPS) is 10.9. The van der Waals surface area contributed by atoms with E-state index in [2.05, 4.69) is 32.6 Å². The molecule has 1 aromatic rings. The maximum absolute atomic E-state index is 5.75. The molecular weight excluding hydrogens is 184 g/mol. The first-order chi connectivity index (χ1) is 7.22. The molecule has 0 unspecified atom stereocenters. The first kappa shape index (κ1) is 12.1. The molecular formula is C14H22O. The second-order valence-electron chi connectivity index (χ2n) is 4.48. The van der Waals surface area contributed by atoms with Crippen molar-refractivity contribution in [3.63, 3.8) is 0 Å². The summed E-state index contributed by atoms with van der Waals surface area (Å²) < 4.78 is 5.75. The van der Waals surface area contributed by atoms with Gasteiger partial charge in [-0.2, -0.15) is 0 Å². The van der Waals surface area contributed by atoms with Crippen molar-refractivity contribution in [3.05, 3.63) is 36.3 Å². The van der Waals surface area contributed by atoms with E-state index in [1.54, 1.807) is 0 Å². The third-order valence-corrected chi connectivity index (χ3v) is 2.52. The average Bonchev–Trinajstić information content (AvgIpc) is 2.63. The molecule has 0 aliphatic rings. The van der Waals surface area contributed by atoms with Gasteiger partial charge in [0, 0.05) is 12.8 Å². The number of furan rings is 1. The van der Waals surface area contributed by atoms with Gasteiger partial charge in [0.1, 0.15) is 11.5 Å². The Labute approximate surface area is 93.2 Å². The van der Waals surface area contributed by atoms with Crippen LogP contribution < -0.4 is 0 Å². The SMILES string of the molecule is C=CCCCc1ccc(CCC(C)C)o1. The summed E-state index contributed by atoms with van der Waals surface area (Å²) in [5.74, 6) is 3.01. The molecule has 0 spiro atoms. The Morgan fingerprint density at radius 3 is 2.53 bits per heavy atom. The fraction of sp³-hybridized carbons (Fsp3) is 0.571. The van der Waals surface area contributed by atoms with Gasteiger partial charge < -0.3 is 4.42 Å². The van der Waals surface area contributed by atoms with E-state index in [9.17, 15) is 0 Å². The highest BCUT2D eigenvalue weighted by Gasteiger charge is 2.02. The quantitative estimate of drug-likeness (QED) is 0.476. The van der Waals surface area contributed by atoms with E-state index >= 15 is 0 Å². The number of aryl methyl sites for hydroxylation is 2. The lowest BCUT2D eigenvalue weighted by atomic mass is 10.1. The van der Waals surface area contributed by atoms with E-state index in [0.717, 1.165) is 43.1 Å². The van der Waals surface area contributed by atoms with Gasteiger partial charge >= 0.3 is 0 Å². The van der Waals surface area contributed by atoms with E-state index in [0.29, 0.717) is 0 Å². The smallest absolute Gasteiger partial charge is 0.104 e. The van der Waals surface area contributed by atoms with Crippen molar-refractivity contribution in [2.24, 2.45) is 5.92 Å². The van der Waals surface area contributed by atoms with Gasteiger partial charge in [0.25, 0.3) is 0 Å². The molecule has 0 bridgehead atoms. The van der Waals surface area contributed by atoms with Gasteiger partial charge in [0.15, 0.2) is 0 Å². The van der Waals surface area contributed by atoms with Crippen LogP contribution in [-0.4, -0.2) is 0 Å². The first-order valence-corrected chi connectivity index (χ1v) is 5.91. The van der Waals surface area contributed by atoms with Gasteiger partial charge in [-0.3, -0.25) is 0 Å². The van der Waals surface area contributed by atoms with Gasteiger partial charge in [-0.1, -0.05) is 19.9 Å². The monoisotopic (exact) mass is 206 g/mol. The number of unbranched alkanes of at least 4 members (excludes halogenated alkanes) is 1. The molecule has 15 heavy (non-hydrogen) atoms. The second kappa shape index (κ2) is 6.49. The third-order valence-electron chi connectivity index (χ3n) is 2.52. The molecule has 0 amide bonds. The number of allylic oxidation sites excluding steroid dienone is 1. The predicted octanol–water partition coefficient (Wildman–Crippen LogP) is 4.38. The van der Waals surface area contributed by atoms with Crippen molar-refractivity contribution in [3.8, 4) is 0 Å². The van der Waals surface area contributed by atoms with E-state index in [1.165, 1.54) is 6.42 Å². The molecule has 1 rings (SSSR count). The van der Waals surface area contributed by atoms with Crippen LogP contribution in [0.2, 0.25) is 0 Å². The molecule has 1 aromatic heterocycles. The topological polar surface area (TPSA) is 13.1 Å². The van der Waals surface area contributed by atoms with Crippen molar-refractivity contribution in [2.75, 3.05) is 0 Å². The van der Waals surface area contributed by atoms with E-state index in [-0.39, 0.29) is 0 Å². The highest BCUT2D eigenvalue weighted by atomic mass is 16.3. The number of rotatable bonds is 7. The third kappa shape index (κ3) is 4.87. The lowest BCUT2D eigenvalue weighted by Crippen LogP contribution is -1.90. The molecule has 0 aliphatic heterocycles. The largest absolute Gasteiger partial charge is 0.466 e. The van der Waals surface area contributed by atoms with Crippen LogP contribution >= 0.6 is 0 Å². The van der Waals surface area contributed by atoms with Crippen LogP contribution in [0.5, 0.6) is 0 Å². The van der Waals surface area contributed by atoms with Crippen LogP contribution in [0.1, 0.15) is 44.6 Å². The van der Waals surface area contributed by atoms with Crippen molar-refractivity contribution >= 4 is 0 Å². The molecule has 0 saturated carbocycles. The predicted molar refractivity (Wildman–Crippen MR) is 65.0 cm³/mol. The van der Waals surface area contributed by atoms with Crippen molar-refractivity contribution in [2.45, 2.75) is 46.0 Å². The summed E-state index contributed by atoms with van der Waals surface area (Å²) in [6.45, 7) is 8.20. The molecule has 0 radical (unpaired) electrons. The lowest BCUT2D eigenvalue weighted by molar-refractivity contribution is 0.440. The van der Waals surface area contributed by atoms with Gasteiger partial charge in [0.05, 0.1) is 0 Å². The Morgan fingerprint density at radius 1 is 1.27 bits per heavy atom. The molecule has 0 atom stereocenters. The molecule has 0 fully saturated rings. The fourth-order valence-electron chi connectivity index (χ4n) is 1.54. The van der Waals surface area contributed by atoms with Gasteiger partial charge in [0.2, 0.25) is 0 Å². The summed E-state index contributed by atoms with van der Waals surface area (Å²) in [4.78, 5) is 0. The van der Waals surface area contributed by atoms with Crippen LogP contribution in [0.15, 0.2) is 29.2 Å². The van der Waals surface area contributed by atoms with Crippen LogP contribution in [-0.2, 0) is 12.8 Å². The zero-order valence-corrected chi connectivity index (χ0v) is 9.96. The molecule has 0 aliphatic carbocycles. The minimum absolute atomic E-state index is 0.749. The zero-order chi connectivity index (χ0) is 11.1. The molecule has 1 heterocycles. The Bertz CT molecular complexity index is 283. The first-order valence-electron chi connectivity index (χ1n) is 5.91. The van der Waals surface area contributed by atoms with Gasteiger partial charge in [-0.25, -0.2) is 0 Å². The standard InChI is InChI=1S/C14H22O/c1-4-5-6-7-13-10-11-14(15-13)9-8-12(2)3/h4,10-12H,1,5-9H2,2-3H3. The van der Waals surface area contributed by atoms with E-state index in [4.69, 9.17) is 4.42 Å². The summed E-state index contributed by atoms with van der Waals surface area (Å²) in [7, 11) is 0. The van der Waals surface area contributed by atoms with Crippen LogP contribution in [0, 0.1) is 5.92 Å². The second-order valence-corrected chi connectivity index (χ2v) is 4.48. The average molecular weight is 206 g/mol. The summed E-state index contributed by atoms with van der Waals surface area (Å²) in [5.41, 5.74) is 0. The maximum atomic E-state index is 5.75. The molecule has 0 saturated heterocycles. The zero-order valence-electron chi connectivity index (χ0n) is 9.96. The minimum Gasteiger partial charge on any atom is -0.466 e. The minimum atomic E-state index is 0.749. The molecule has 1 heteroatoms. The number of hydrogen-bond donors (Lipinski definition) is 0. The molecule has 0 N–H and O–H groups in total. The highest BCUT2D eigenvalue weighted by molar-refractivity contribution is 5.07. The Kier molecular flexibility index (Phi) is 5.23. The van der Waals surface area contributed by atoms with Crippen molar-refractivity contribution < 1.29 is 4.42 Å². The Morgan fingerprint density at radius 2 is 1.93 bits per heavy atom. The summed E-state index contributed by atoms with van der Waals surface area (Å²) in [6.07, 6.45) is 7.48. The van der Waals surface area contributed by atoms with Crippen LogP contribution in [0.3, 0.4) is 0 Å². The molecule has 84 valence electrons. The van der Waals surface area contributed by atoms with Gasteiger partial charge in [-0.15, -0.1) is 6.58 Å². The van der Waals surface area contributed by atoms with Crippen molar-refractivity contribution in [1.82, 2.24) is 0 Å². The molecule has 0 aromatic carbocycles. The van der Waals surface area contributed by atoms with Crippen LogP contribution in [0.4, 0.5) is 0 Å². The summed E-state index contributed by atoms with van der Waals surface area (Å²) in [5, 5.41) is 0. The van der Waals surface area contributed by atoms with Gasteiger partial charge in [-0.05, 0) is 37.3 Å². The van der Waals surface area contributed by atoms with Crippen molar-refractivity contribution in [1.29, 1.82) is 0 Å². The Balaban J connectivity index is 2.32. The lowest BCUT2D eigenvalue weighted by Gasteiger charge is -2.01. The van der Waals surface area contributed by atoms with Crippen LogP contribution in [0.25, 0.3) is 0 Å². The maximum Gasteiger partial charge on any atom is 0.104 e. The number of hydrogen-bond acceptors (Lipinski definition) is 1. The fourth-order valence-corrected chi connectivity index (χ4v) is 1.54. The van der Waals surface area contributed by atoms with E-state index < -0.39 is 0 Å². The molecule has 1 nitrogen and oxygen atoms in total. The summed E-state index contributed by atoms with van der Waals surface area (Å²) >= 11 is 0. The highest BCUT2D eigenvalue weighted by Crippen LogP contribution is 2.14. The summed E-state index contributed by atoms with van der Waals surface area (Å²) in [6, 6.07) is 4.23. The Hall–Kier alpha value is -0.980. The van der Waals surface area contributed by atoms with E-state index in [1.807, 2.05) is 6.08 Å².